The van der Waals surface area contributed by atoms with Crippen molar-refractivity contribution in [3.8, 4) is 0 Å². The Morgan fingerprint density at radius 1 is 1.11 bits per heavy atom. The molecule has 0 bridgehead atoms. The van der Waals surface area contributed by atoms with Crippen LogP contribution in [0.5, 0.6) is 0 Å². The van der Waals surface area contributed by atoms with Crippen molar-refractivity contribution in [1.29, 1.82) is 0 Å². The highest BCUT2D eigenvalue weighted by molar-refractivity contribution is 5.97. The molecule has 0 aromatic carbocycles. The number of aryl methyl sites for hydroxylation is 1. The summed E-state index contributed by atoms with van der Waals surface area (Å²) in [5, 5.41) is 4.55. The largest absolute Gasteiger partial charge is 0.337 e. The third kappa shape index (κ3) is 3.78. The van der Waals surface area contributed by atoms with Gasteiger partial charge in [-0.1, -0.05) is 6.07 Å². The monoisotopic (exact) mass is 367 g/mol. The molecule has 2 aromatic rings. The van der Waals surface area contributed by atoms with Crippen LogP contribution in [0.25, 0.3) is 0 Å². The molecule has 2 aliphatic rings. The molecule has 1 atom stereocenters. The van der Waals surface area contributed by atoms with E-state index in [4.69, 9.17) is 0 Å². The first-order valence-electron chi connectivity index (χ1n) is 9.61. The number of hydrogen-bond donors (Lipinski definition) is 0. The van der Waals surface area contributed by atoms with Gasteiger partial charge in [-0.2, -0.15) is 5.10 Å². The number of Topliss-reactive ketones (excluding diaryl/α,β-unsaturated/α-hetero) is 1. The Kier molecular flexibility index (Phi) is 5.03. The number of ketones is 1. The maximum atomic E-state index is 13.0. The van der Waals surface area contributed by atoms with Crippen molar-refractivity contribution in [3.05, 3.63) is 47.5 Å². The molecule has 0 radical (unpaired) electrons. The van der Waals surface area contributed by atoms with Gasteiger partial charge in [-0.15, -0.1) is 0 Å². The zero-order valence-electron chi connectivity index (χ0n) is 15.7. The molecular weight excluding hydrogens is 342 g/mol. The molecule has 4 heterocycles. The molecule has 2 aliphatic heterocycles. The second-order valence-corrected chi connectivity index (χ2v) is 7.50. The molecule has 0 saturated carbocycles. The Morgan fingerprint density at radius 3 is 2.81 bits per heavy atom. The maximum absolute atomic E-state index is 13.0. The molecule has 0 spiro atoms. The molecule has 1 amide bonds. The van der Waals surface area contributed by atoms with Gasteiger partial charge in [0.2, 0.25) is 0 Å². The van der Waals surface area contributed by atoms with Gasteiger partial charge in [0.05, 0.1) is 5.69 Å². The molecule has 1 saturated heterocycles. The minimum Gasteiger partial charge on any atom is -0.337 e. The summed E-state index contributed by atoms with van der Waals surface area (Å²) in [6, 6.07) is 7.27. The van der Waals surface area contributed by atoms with Gasteiger partial charge in [0.25, 0.3) is 5.91 Å². The van der Waals surface area contributed by atoms with E-state index in [1.165, 1.54) is 0 Å². The Balaban J connectivity index is 1.48. The van der Waals surface area contributed by atoms with Crippen LogP contribution >= 0.6 is 0 Å². The third-order valence-electron chi connectivity index (χ3n) is 5.42. The van der Waals surface area contributed by atoms with Crippen molar-refractivity contribution < 1.29 is 9.59 Å². The molecule has 27 heavy (non-hydrogen) atoms. The van der Waals surface area contributed by atoms with Crippen molar-refractivity contribution in [2.24, 2.45) is 5.92 Å². The number of nitrogens with zero attached hydrogens (tertiary/aromatic N) is 5. The fourth-order valence-corrected chi connectivity index (χ4v) is 3.98. The lowest BCUT2D eigenvalue weighted by Gasteiger charge is -2.31. The van der Waals surface area contributed by atoms with E-state index in [1.54, 1.807) is 23.2 Å². The topological polar surface area (TPSA) is 71.3 Å². The van der Waals surface area contributed by atoms with E-state index in [-0.39, 0.29) is 17.6 Å². The number of carbonyl (C=O) groups is 2. The highest BCUT2D eigenvalue weighted by atomic mass is 16.2. The summed E-state index contributed by atoms with van der Waals surface area (Å²) in [5.74, 6) is -0.240. The lowest BCUT2D eigenvalue weighted by Crippen LogP contribution is -2.42. The molecular formula is C20H25N5O2. The maximum Gasteiger partial charge on any atom is 0.274 e. The lowest BCUT2D eigenvalue weighted by molar-refractivity contribution is 0.0629. The number of fused-ring (bicyclic) bond motifs is 1. The molecule has 0 N–H and O–H groups in total. The molecule has 142 valence electrons. The molecule has 4 rings (SSSR count). The van der Waals surface area contributed by atoms with E-state index in [0.29, 0.717) is 24.5 Å². The van der Waals surface area contributed by atoms with Crippen LogP contribution in [-0.2, 0) is 13.1 Å². The summed E-state index contributed by atoms with van der Waals surface area (Å²) in [6.07, 6.45) is 4.28. The SMILES string of the molecule is CN1CCCn2nc(C(=O)N3CCCC(C(=O)c4ccccn4)C3)cc2C1. The quantitative estimate of drug-likeness (QED) is 0.774. The molecule has 1 fully saturated rings. The van der Waals surface area contributed by atoms with Crippen LogP contribution in [0.1, 0.15) is 45.9 Å². The number of aromatic nitrogens is 3. The summed E-state index contributed by atoms with van der Waals surface area (Å²) in [5.41, 5.74) is 2.05. The normalized spacial score (nSPS) is 20.8. The smallest absolute Gasteiger partial charge is 0.274 e. The molecule has 7 nitrogen and oxygen atoms in total. The number of hydrogen-bond acceptors (Lipinski definition) is 5. The minimum atomic E-state index is -0.191. The van der Waals surface area contributed by atoms with E-state index >= 15 is 0 Å². The van der Waals surface area contributed by atoms with Crippen molar-refractivity contribution >= 4 is 11.7 Å². The lowest BCUT2D eigenvalue weighted by atomic mass is 9.91. The number of piperidine rings is 1. The molecule has 7 heteroatoms. The van der Waals surface area contributed by atoms with Gasteiger partial charge in [0, 0.05) is 44.8 Å². The van der Waals surface area contributed by atoms with E-state index in [2.05, 4.69) is 22.0 Å². The number of amides is 1. The van der Waals surface area contributed by atoms with Gasteiger partial charge in [-0.3, -0.25) is 19.3 Å². The summed E-state index contributed by atoms with van der Waals surface area (Å²) < 4.78 is 1.96. The molecule has 1 unspecified atom stereocenters. The van der Waals surface area contributed by atoms with Gasteiger partial charge in [-0.25, -0.2) is 0 Å². The summed E-state index contributed by atoms with van der Waals surface area (Å²) >= 11 is 0. The van der Waals surface area contributed by atoms with E-state index in [0.717, 1.165) is 44.6 Å². The Labute approximate surface area is 159 Å². The third-order valence-corrected chi connectivity index (χ3v) is 5.42. The average molecular weight is 367 g/mol. The summed E-state index contributed by atoms with van der Waals surface area (Å²) in [6.45, 7) is 3.80. The standard InChI is InChI=1S/C20H25N5O2/c1-23-9-5-11-25-16(14-23)12-18(22-25)20(27)24-10-4-6-15(13-24)19(26)17-7-2-3-8-21-17/h2-3,7-8,12,15H,4-6,9-11,13-14H2,1H3. The highest BCUT2D eigenvalue weighted by Crippen LogP contribution is 2.22. The molecule has 0 aliphatic carbocycles. The van der Waals surface area contributed by atoms with Crippen molar-refractivity contribution in [3.63, 3.8) is 0 Å². The van der Waals surface area contributed by atoms with Crippen molar-refractivity contribution in [1.82, 2.24) is 24.6 Å². The number of likely N-dealkylation sites (tertiary alicyclic amines) is 1. The second kappa shape index (κ2) is 7.60. The zero-order chi connectivity index (χ0) is 18.8. The Bertz CT molecular complexity index is 832. The predicted molar refractivity (Wildman–Crippen MR) is 100 cm³/mol. The summed E-state index contributed by atoms with van der Waals surface area (Å²) in [4.78, 5) is 33.9. The van der Waals surface area contributed by atoms with E-state index < -0.39 is 0 Å². The average Bonchev–Trinajstić information content (AvgIpc) is 3.01. The van der Waals surface area contributed by atoms with Crippen molar-refractivity contribution in [2.75, 3.05) is 26.7 Å². The number of pyridine rings is 1. The zero-order valence-corrected chi connectivity index (χ0v) is 15.7. The van der Waals surface area contributed by atoms with Gasteiger partial charge in [0.15, 0.2) is 11.5 Å². The van der Waals surface area contributed by atoms with Gasteiger partial charge in [0.1, 0.15) is 5.69 Å². The van der Waals surface area contributed by atoms with Crippen LogP contribution in [0.4, 0.5) is 0 Å². The predicted octanol–water partition coefficient (Wildman–Crippen LogP) is 1.85. The number of carbonyl (C=O) groups excluding carboxylic acids is 2. The van der Waals surface area contributed by atoms with E-state index in [9.17, 15) is 9.59 Å². The first-order chi connectivity index (χ1) is 13.1. The fourth-order valence-electron chi connectivity index (χ4n) is 3.98. The van der Waals surface area contributed by atoms with Crippen LogP contribution in [0, 0.1) is 5.92 Å². The van der Waals surface area contributed by atoms with Crippen LogP contribution in [0.3, 0.4) is 0 Å². The van der Waals surface area contributed by atoms with Crippen LogP contribution < -0.4 is 0 Å². The Hall–Kier alpha value is -2.54. The molecule has 2 aromatic heterocycles. The van der Waals surface area contributed by atoms with E-state index in [1.807, 2.05) is 16.8 Å². The van der Waals surface area contributed by atoms with Gasteiger partial charge < -0.3 is 9.80 Å². The Morgan fingerprint density at radius 2 is 2.00 bits per heavy atom. The first-order valence-corrected chi connectivity index (χ1v) is 9.61. The minimum absolute atomic E-state index is 0.0235. The van der Waals surface area contributed by atoms with Gasteiger partial charge in [-0.05, 0) is 44.5 Å². The van der Waals surface area contributed by atoms with Crippen LogP contribution in [0.15, 0.2) is 30.5 Å². The first kappa shape index (κ1) is 17.9. The fraction of sp³-hybridized carbons (Fsp3) is 0.500. The van der Waals surface area contributed by atoms with Crippen LogP contribution in [0.2, 0.25) is 0 Å². The van der Waals surface area contributed by atoms with Gasteiger partial charge >= 0.3 is 0 Å². The second-order valence-electron chi connectivity index (χ2n) is 7.50. The van der Waals surface area contributed by atoms with Crippen LogP contribution in [-0.4, -0.2) is 62.9 Å². The highest BCUT2D eigenvalue weighted by Gasteiger charge is 2.31. The van der Waals surface area contributed by atoms with Crippen molar-refractivity contribution in [2.45, 2.75) is 32.4 Å². The number of rotatable bonds is 3. The summed E-state index contributed by atoms with van der Waals surface area (Å²) in [7, 11) is 2.09.